The van der Waals surface area contributed by atoms with E-state index < -0.39 is 5.69 Å². The minimum Gasteiger partial charge on any atom is -0.356 e. The number of anilines is 2. The first-order valence-corrected chi connectivity index (χ1v) is 9.64. The second-order valence-corrected chi connectivity index (χ2v) is 7.58. The van der Waals surface area contributed by atoms with Crippen molar-refractivity contribution < 1.29 is 4.79 Å². The fraction of sp³-hybridized carbons (Fsp3) is 0.368. The predicted molar refractivity (Wildman–Crippen MR) is 108 cm³/mol. The van der Waals surface area contributed by atoms with Crippen molar-refractivity contribution in [3.8, 4) is 0 Å². The Kier molecular flexibility index (Phi) is 5.04. The van der Waals surface area contributed by atoms with E-state index in [0.29, 0.717) is 22.4 Å². The lowest BCUT2D eigenvalue weighted by molar-refractivity contribution is -0.117. The molecule has 3 heterocycles. The standard InChI is InChI=1S/C19H21ClN6O2/c1-13-3-2-9-24(11-13)16-8-10-25-18(22-16)23-26(19(25)28)12-17(27)21-15-6-4-14(20)5-7-15/h4-8,10,13H,2-3,9,11-12H2,1H3,(H,21,27)/t13-/m0/s1. The second-order valence-electron chi connectivity index (χ2n) is 7.14. The fourth-order valence-electron chi connectivity index (χ4n) is 3.44. The van der Waals surface area contributed by atoms with E-state index >= 15 is 0 Å². The van der Waals surface area contributed by atoms with Gasteiger partial charge < -0.3 is 10.2 Å². The van der Waals surface area contributed by atoms with E-state index in [1.54, 1.807) is 30.5 Å². The topological polar surface area (TPSA) is 84.5 Å². The minimum absolute atomic E-state index is 0.194. The second kappa shape index (κ2) is 7.63. The first kappa shape index (κ1) is 18.5. The molecule has 4 rings (SSSR count). The van der Waals surface area contributed by atoms with Gasteiger partial charge in [-0.2, -0.15) is 4.98 Å². The maximum atomic E-state index is 12.5. The number of nitrogens with zero attached hydrogens (tertiary/aromatic N) is 5. The molecule has 0 radical (unpaired) electrons. The Balaban J connectivity index is 1.52. The van der Waals surface area contributed by atoms with Crippen LogP contribution >= 0.6 is 11.6 Å². The Morgan fingerprint density at radius 2 is 2.07 bits per heavy atom. The van der Waals surface area contributed by atoms with Gasteiger partial charge in [0, 0.05) is 30.0 Å². The van der Waals surface area contributed by atoms with Gasteiger partial charge in [-0.1, -0.05) is 18.5 Å². The average molecular weight is 401 g/mol. The van der Waals surface area contributed by atoms with Gasteiger partial charge in [0.15, 0.2) is 0 Å². The number of fused-ring (bicyclic) bond motifs is 1. The third kappa shape index (κ3) is 3.87. The third-order valence-electron chi connectivity index (χ3n) is 4.84. The van der Waals surface area contributed by atoms with Crippen LogP contribution < -0.4 is 15.9 Å². The molecule has 1 aliphatic heterocycles. The Morgan fingerprint density at radius 1 is 1.29 bits per heavy atom. The van der Waals surface area contributed by atoms with Crippen molar-refractivity contribution >= 4 is 34.8 Å². The van der Waals surface area contributed by atoms with Crippen LogP contribution in [0.5, 0.6) is 0 Å². The molecule has 9 heteroatoms. The fourth-order valence-corrected chi connectivity index (χ4v) is 3.57. The number of carbonyl (C=O) groups excluding carboxylic acids is 1. The summed E-state index contributed by atoms with van der Waals surface area (Å²) < 4.78 is 2.47. The lowest BCUT2D eigenvalue weighted by Gasteiger charge is -2.31. The summed E-state index contributed by atoms with van der Waals surface area (Å²) in [5.74, 6) is 1.36. The largest absolute Gasteiger partial charge is 0.356 e. The summed E-state index contributed by atoms with van der Waals surface area (Å²) in [6.45, 7) is 3.92. The van der Waals surface area contributed by atoms with E-state index in [1.165, 1.54) is 10.8 Å². The molecule has 0 saturated carbocycles. The van der Waals surface area contributed by atoms with Gasteiger partial charge in [0.2, 0.25) is 5.91 Å². The van der Waals surface area contributed by atoms with Crippen molar-refractivity contribution in [3.63, 3.8) is 0 Å². The molecule has 28 heavy (non-hydrogen) atoms. The van der Waals surface area contributed by atoms with E-state index in [1.807, 2.05) is 6.07 Å². The van der Waals surface area contributed by atoms with E-state index in [2.05, 4.69) is 27.2 Å². The zero-order chi connectivity index (χ0) is 19.7. The Hall–Kier alpha value is -2.87. The number of benzene rings is 1. The highest BCUT2D eigenvalue weighted by Crippen LogP contribution is 2.21. The van der Waals surface area contributed by atoms with E-state index in [4.69, 9.17) is 11.6 Å². The molecule has 8 nitrogen and oxygen atoms in total. The van der Waals surface area contributed by atoms with Crippen LogP contribution in [-0.4, -0.2) is 38.2 Å². The number of amides is 1. The van der Waals surface area contributed by atoms with Crippen LogP contribution in [0.4, 0.5) is 11.5 Å². The zero-order valence-corrected chi connectivity index (χ0v) is 16.3. The molecule has 0 spiro atoms. The molecule has 1 amide bonds. The molecular formula is C19H21ClN6O2. The van der Waals surface area contributed by atoms with Crippen molar-refractivity contribution in [2.75, 3.05) is 23.3 Å². The van der Waals surface area contributed by atoms with Crippen molar-refractivity contribution in [1.82, 2.24) is 19.2 Å². The summed E-state index contributed by atoms with van der Waals surface area (Å²) >= 11 is 5.84. The molecule has 1 aliphatic rings. The van der Waals surface area contributed by atoms with E-state index in [0.717, 1.165) is 30.0 Å². The number of piperidine rings is 1. The van der Waals surface area contributed by atoms with Crippen LogP contribution in [0.1, 0.15) is 19.8 Å². The molecule has 1 N–H and O–H groups in total. The molecule has 3 aromatic rings. The lowest BCUT2D eigenvalue weighted by Crippen LogP contribution is -2.34. The van der Waals surface area contributed by atoms with Crippen LogP contribution in [0.2, 0.25) is 5.02 Å². The summed E-state index contributed by atoms with van der Waals surface area (Å²) in [6, 6.07) is 8.58. The van der Waals surface area contributed by atoms with Gasteiger partial charge in [-0.15, -0.1) is 5.10 Å². The SMILES string of the molecule is C[C@H]1CCCN(c2ccn3c(=O)n(CC(=O)Nc4ccc(Cl)cc4)nc3n2)C1. The third-order valence-corrected chi connectivity index (χ3v) is 5.09. The van der Waals surface area contributed by atoms with Gasteiger partial charge in [0.1, 0.15) is 12.4 Å². The van der Waals surface area contributed by atoms with Gasteiger partial charge in [-0.25, -0.2) is 13.9 Å². The Bertz CT molecular complexity index is 1060. The molecule has 1 saturated heterocycles. The Labute approximate surface area is 166 Å². The van der Waals surface area contributed by atoms with Gasteiger partial charge in [-0.05, 0) is 49.1 Å². The smallest absolute Gasteiger partial charge is 0.352 e. The number of halogens is 1. The molecule has 0 bridgehead atoms. The first-order chi connectivity index (χ1) is 13.5. The highest BCUT2D eigenvalue weighted by atomic mass is 35.5. The molecule has 1 aromatic carbocycles. The number of aromatic nitrogens is 4. The van der Waals surface area contributed by atoms with Crippen molar-refractivity contribution in [2.24, 2.45) is 5.92 Å². The summed E-state index contributed by atoms with van der Waals surface area (Å²) in [7, 11) is 0. The lowest BCUT2D eigenvalue weighted by atomic mass is 10.0. The number of carbonyl (C=O) groups is 1. The molecule has 1 atom stereocenters. The van der Waals surface area contributed by atoms with E-state index in [-0.39, 0.29) is 12.5 Å². The monoisotopic (exact) mass is 400 g/mol. The molecule has 0 unspecified atom stereocenters. The van der Waals surface area contributed by atoms with Crippen molar-refractivity contribution in [1.29, 1.82) is 0 Å². The number of hydrogen-bond acceptors (Lipinski definition) is 5. The summed E-state index contributed by atoms with van der Waals surface area (Å²) in [6.07, 6.45) is 4.01. The maximum absolute atomic E-state index is 12.5. The molecule has 0 aliphatic carbocycles. The summed E-state index contributed by atoms with van der Waals surface area (Å²) in [4.78, 5) is 31.5. The van der Waals surface area contributed by atoms with Crippen LogP contribution in [0.25, 0.3) is 5.78 Å². The number of hydrogen-bond donors (Lipinski definition) is 1. The highest BCUT2D eigenvalue weighted by molar-refractivity contribution is 6.30. The zero-order valence-electron chi connectivity index (χ0n) is 15.5. The predicted octanol–water partition coefficient (Wildman–Crippen LogP) is 2.42. The van der Waals surface area contributed by atoms with Gasteiger partial charge in [0.05, 0.1) is 0 Å². The quantitative estimate of drug-likeness (QED) is 0.727. The molecule has 2 aromatic heterocycles. The van der Waals surface area contributed by atoms with Gasteiger partial charge in [-0.3, -0.25) is 4.79 Å². The van der Waals surface area contributed by atoms with Crippen LogP contribution in [0.3, 0.4) is 0 Å². The normalized spacial score (nSPS) is 17.1. The van der Waals surface area contributed by atoms with Crippen LogP contribution in [0.15, 0.2) is 41.3 Å². The van der Waals surface area contributed by atoms with Crippen LogP contribution in [0, 0.1) is 5.92 Å². The minimum atomic E-state index is -0.396. The summed E-state index contributed by atoms with van der Waals surface area (Å²) in [5.41, 5.74) is 0.207. The van der Waals surface area contributed by atoms with Crippen molar-refractivity contribution in [3.05, 3.63) is 52.0 Å². The number of nitrogens with one attached hydrogen (secondary N) is 1. The van der Waals surface area contributed by atoms with Crippen LogP contribution in [-0.2, 0) is 11.3 Å². The first-order valence-electron chi connectivity index (χ1n) is 9.26. The molecular weight excluding hydrogens is 380 g/mol. The maximum Gasteiger partial charge on any atom is 0.352 e. The van der Waals surface area contributed by atoms with Crippen molar-refractivity contribution in [2.45, 2.75) is 26.3 Å². The van der Waals surface area contributed by atoms with Gasteiger partial charge >= 0.3 is 5.69 Å². The highest BCUT2D eigenvalue weighted by Gasteiger charge is 2.19. The average Bonchev–Trinajstić information content (AvgIpc) is 2.98. The van der Waals surface area contributed by atoms with Gasteiger partial charge in [0.25, 0.3) is 5.78 Å². The summed E-state index contributed by atoms with van der Waals surface area (Å²) in [5, 5.41) is 7.53. The Morgan fingerprint density at radius 3 is 2.82 bits per heavy atom. The molecule has 1 fully saturated rings. The molecule has 146 valence electrons. The van der Waals surface area contributed by atoms with E-state index in [9.17, 15) is 9.59 Å². The number of rotatable bonds is 4.